The normalized spacial score (nSPS) is 14.8. The SMILES string of the molecule is COc1ccc(CCNC(=O)N2CCN(CC(=O)c3ccco3)CC2)cc1. The number of amides is 2. The molecule has 1 aliphatic heterocycles. The van der Waals surface area contributed by atoms with Gasteiger partial charge < -0.3 is 19.4 Å². The van der Waals surface area contributed by atoms with Crippen molar-refractivity contribution in [3.63, 3.8) is 0 Å². The number of furan rings is 1. The van der Waals surface area contributed by atoms with Crippen molar-refractivity contribution in [3.05, 3.63) is 54.0 Å². The van der Waals surface area contributed by atoms with Gasteiger partial charge in [0.2, 0.25) is 5.78 Å². The molecule has 0 aliphatic carbocycles. The maximum absolute atomic E-state index is 12.3. The lowest BCUT2D eigenvalue weighted by Gasteiger charge is -2.34. The predicted molar refractivity (Wildman–Crippen MR) is 101 cm³/mol. The highest BCUT2D eigenvalue weighted by molar-refractivity contribution is 5.95. The van der Waals surface area contributed by atoms with Gasteiger partial charge in [-0.1, -0.05) is 12.1 Å². The summed E-state index contributed by atoms with van der Waals surface area (Å²) in [5.74, 6) is 1.18. The van der Waals surface area contributed by atoms with Crippen molar-refractivity contribution < 1.29 is 18.7 Å². The van der Waals surface area contributed by atoms with Gasteiger partial charge in [0, 0.05) is 32.7 Å². The van der Waals surface area contributed by atoms with E-state index in [4.69, 9.17) is 9.15 Å². The largest absolute Gasteiger partial charge is 0.497 e. The molecular weight excluding hydrogens is 346 g/mol. The first-order valence-electron chi connectivity index (χ1n) is 9.10. The fourth-order valence-corrected chi connectivity index (χ4v) is 3.05. The number of urea groups is 1. The van der Waals surface area contributed by atoms with Crippen LogP contribution in [-0.4, -0.2) is 68.0 Å². The van der Waals surface area contributed by atoms with E-state index in [1.165, 1.54) is 6.26 Å². The van der Waals surface area contributed by atoms with E-state index in [2.05, 4.69) is 5.32 Å². The van der Waals surface area contributed by atoms with Crippen LogP contribution in [0.5, 0.6) is 5.75 Å². The molecule has 7 nitrogen and oxygen atoms in total. The molecule has 2 aromatic rings. The third kappa shape index (κ3) is 5.34. The Balaban J connectivity index is 1.36. The number of ether oxygens (including phenoxy) is 1. The molecule has 0 atom stereocenters. The van der Waals surface area contributed by atoms with Gasteiger partial charge in [0.15, 0.2) is 5.76 Å². The monoisotopic (exact) mass is 371 g/mol. The van der Waals surface area contributed by atoms with Crippen molar-refractivity contribution in [3.8, 4) is 5.75 Å². The van der Waals surface area contributed by atoms with Gasteiger partial charge in [-0.15, -0.1) is 0 Å². The number of benzene rings is 1. The molecule has 2 heterocycles. The fraction of sp³-hybridized carbons (Fsp3) is 0.400. The predicted octanol–water partition coefficient (Wildman–Crippen LogP) is 2.04. The zero-order valence-corrected chi connectivity index (χ0v) is 15.5. The Bertz CT molecular complexity index is 735. The van der Waals surface area contributed by atoms with E-state index in [9.17, 15) is 9.59 Å². The van der Waals surface area contributed by atoms with Gasteiger partial charge in [0.05, 0.1) is 19.9 Å². The molecule has 1 aromatic heterocycles. The first-order chi connectivity index (χ1) is 13.2. The average molecular weight is 371 g/mol. The van der Waals surface area contributed by atoms with E-state index in [0.717, 1.165) is 17.7 Å². The quantitative estimate of drug-likeness (QED) is 0.754. The van der Waals surface area contributed by atoms with Crippen LogP contribution < -0.4 is 10.1 Å². The topological polar surface area (TPSA) is 75.0 Å². The Morgan fingerprint density at radius 2 is 1.85 bits per heavy atom. The van der Waals surface area contributed by atoms with Crippen molar-refractivity contribution in [1.29, 1.82) is 0 Å². The lowest BCUT2D eigenvalue weighted by atomic mass is 10.1. The molecule has 1 saturated heterocycles. The second-order valence-corrected chi connectivity index (χ2v) is 6.49. The number of nitrogens with one attached hydrogen (secondary N) is 1. The number of Topliss-reactive ketones (excluding diaryl/α,β-unsaturated/α-hetero) is 1. The summed E-state index contributed by atoms with van der Waals surface area (Å²) in [4.78, 5) is 28.2. The van der Waals surface area contributed by atoms with Gasteiger partial charge in [-0.3, -0.25) is 9.69 Å². The van der Waals surface area contributed by atoms with Crippen LogP contribution in [0.25, 0.3) is 0 Å². The second-order valence-electron chi connectivity index (χ2n) is 6.49. The van der Waals surface area contributed by atoms with Gasteiger partial charge in [0.25, 0.3) is 0 Å². The molecule has 27 heavy (non-hydrogen) atoms. The van der Waals surface area contributed by atoms with Crippen LogP contribution in [0.2, 0.25) is 0 Å². The summed E-state index contributed by atoms with van der Waals surface area (Å²) in [6, 6.07) is 11.2. The molecule has 144 valence electrons. The number of carbonyl (C=O) groups excluding carboxylic acids is 2. The van der Waals surface area contributed by atoms with Crippen molar-refractivity contribution >= 4 is 11.8 Å². The highest BCUT2D eigenvalue weighted by atomic mass is 16.5. The van der Waals surface area contributed by atoms with E-state index < -0.39 is 0 Å². The molecule has 1 N–H and O–H groups in total. The number of hydrogen-bond acceptors (Lipinski definition) is 5. The van der Waals surface area contributed by atoms with Crippen molar-refractivity contribution in [2.45, 2.75) is 6.42 Å². The minimum Gasteiger partial charge on any atom is -0.497 e. The zero-order valence-electron chi connectivity index (χ0n) is 15.5. The van der Waals surface area contributed by atoms with Crippen molar-refractivity contribution in [2.24, 2.45) is 0 Å². The standard InChI is InChI=1S/C20H25N3O4/c1-26-17-6-4-16(5-7-17)8-9-21-20(25)23-12-10-22(11-13-23)15-18(24)19-3-2-14-27-19/h2-7,14H,8-13,15H2,1H3,(H,21,25). The molecule has 0 radical (unpaired) electrons. The van der Waals surface area contributed by atoms with Gasteiger partial charge in [-0.2, -0.15) is 0 Å². The van der Waals surface area contributed by atoms with Crippen LogP contribution in [-0.2, 0) is 6.42 Å². The molecule has 0 spiro atoms. The number of nitrogens with zero attached hydrogens (tertiary/aromatic N) is 2. The summed E-state index contributed by atoms with van der Waals surface area (Å²) >= 11 is 0. The van der Waals surface area contributed by atoms with Crippen molar-refractivity contribution in [1.82, 2.24) is 15.1 Å². The number of rotatable bonds is 7. The third-order valence-electron chi connectivity index (χ3n) is 4.67. The number of hydrogen-bond donors (Lipinski definition) is 1. The average Bonchev–Trinajstić information content (AvgIpc) is 3.24. The Labute approximate surface area is 158 Å². The number of piperazine rings is 1. The molecule has 1 aliphatic rings. The third-order valence-corrected chi connectivity index (χ3v) is 4.67. The summed E-state index contributed by atoms with van der Waals surface area (Å²) in [5, 5.41) is 2.96. The maximum Gasteiger partial charge on any atom is 0.317 e. The Hall–Kier alpha value is -2.80. The summed E-state index contributed by atoms with van der Waals surface area (Å²) < 4.78 is 10.3. The minimum absolute atomic E-state index is 0.0302. The highest BCUT2D eigenvalue weighted by Gasteiger charge is 2.23. The van der Waals surface area contributed by atoms with Crippen LogP contribution in [0.1, 0.15) is 16.1 Å². The fourth-order valence-electron chi connectivity index (χ4n) is 3.05. The highest BCUT2D eigenvalue weighted by Crippen LogP contribution is 2.11. The van der Waals surface area contributed by atoms with E-state index in [0.29, 0.717) is 45.0 Å². The van der Waals surface area contributed by atoms with Gasteiger partial charge in [-0.25, -0.2) is 4.79 Å². The lowest BCUT2D eigenvalue weighted by molar-refractivity contribution is 0.0852. The Kier molecular flexibility index (Phi) is 6.49. The summed E-state index contributed by atoms with van der Waals surface area (Å²) in [6.07, 6.45) is 2.27. The van der Waals surface area contributed by atoms with E-state index in [1.807, 2.05) is 29.2 Å². The Morgan fingerprint density at radius 1 is 1.11 bits per heavy atom. The van der Waals surface area contributed by atoms with Crippen LogP contribution in [0.15, 0.2) is 47.1 Å². The van der Waals surface area contributed by atoms with Crippen molar-refractivity contribution in [2.75, 3.05) is 46.4 Å². The molecule has 3 rings (SSSR count). The van der Waals surface area contributed by atoms with Crippen LogP contribution in [0, 0.1) is 0 Å². The summed E-state index contributed by atoms with van der Waals surface area (Å²) in [7, 11) is 1.64. The summed E-state index contributed by atoms with van der Waals surface area (Å²) in [5.41, 5.74) is 1.15. The van der Waals surface area contributed by atoms with Crippen LogP contribution in [0.4, 0.5) is 4.79 Å². The van der Waals surface area contributed by atoms with E-state index >= 15 is 0 Å². The molecule has 1 fully saturated rings. The second kappa shape index (κ2) is 9.23. The molecule has 1 aromatic carbocycles. The van der Waals surface area contributed by atoms with Crippen LogP contribution >= 0.6 is 0 Å². The van der Waals surface area contributed by atoms with Gasteiger partial charge >= 0.3 is 6.03 Å². The van der Waals surface area contributed by atoms with E-state index in [-0.39, 0.29) is 11.8 Å². The summed E-state index contributed by atoms with van der Waals surface area (Å²) in [6.45, 7) is 3.49. The molecule has 7 heteroatoms. The van der Waals surface area contributed by atoms with Gasteiger partial charge in [-0.05, 0) is 36.2 Å². The molecule has 0 bridgehead atoms. The maximum atomic E-state index is 12.3. The Morgan fingerprint density at radius 3 is 2.48 bits per heavy atom. The first kappa shape index (κ1) is 19.0. The smallest absolute Gasteiger partial charge is 0.317 e. The first-order valence-corrected chi connectivity index (χ1v) is 9.10. The molecule has 2 amide bonds. The minimum atomic E-state index is -0.0551. The molecule has 0 saturated carbocycles. The number of ketones is 1. The van der Waals surface area contributed by atoms with E-state index in [1.54, 1.807) is 24.1 Å². The molecule has 0 unspecified atom stereocenters. The number of methoxy groups -OCH3 is 1. The van der Waals surface area contributed by atoms with Crippen LogP contribution in [0.3, 0.4) is 0 Å². The number of carbonyl (C=O) groups is 2. The molecular formula is C20H25N3O4. The lowest BCUT2D eigenvalue weighted by Crippen LogP contribution is -2.52. The van der Waals surface area contributed by atoms with Gasteiger partial charge in [0.1, 0.15) is 5.75 Å². The zero-order chi connectivity index (χ0) is 19.1.